The van der Waals surface area contributed by atoms with Crippen molar-refractivity contribution in [2.24, 2.45) is 0 Å². The molecule has 0 saturated carbocycles. The molecule has 0 bridgehead atoms. The van der Waals surface area contributed by atoms with Gasteiger partial charge >= 0.3 is 12.1 Å². The van der Waals surface area contributed by atoms with Crippen LogP contribution in [0.4, 0.5) is 10.5 Å². The minimum atomic E-state index is -0.723. The van der Waals surface area contributed by atoms with Crippen molar-refractivity contribution in [3.8, 4) is 0 Å². The molecule has 0 spiro atoms. The lowest BCUT2D eigenvalue weighted by molar-refractivity contribution is -0.142. The Morgan fingerprint density at radius 3 is 2.32 bits per heavy atom. The van der Waals surface area contributed by atoms with E-state index in [0.717, 1.165) is 0 Å². The molecule has 1 aromatic rings. The summed E-state index contributed by atoms with van der Waals surface area (Å²) >= 11 is 3.27. The second-order valence-corrected chi connectivity index (χ2v) is 4.49. The molecule has 0 saturated heterocycles. The third kappa shape index (κ3) is 3.96. The van der Waals surface area contributed by atoms with Gasteiger partial charge in [-0.25, -0.2) is 9.59 Å². The normalized spacial score (nSPS) is 11.5. The third-order valence-corrected chi connectivity index (χ3v) is 3.03. The van der Waals surface area contributed by atoms with Crippen molar-refractivity contribution in [2.45, 2.75) is 12.5 Å². The molecule has 1 rings (SSSR count). The average molecular weight is 330 g/mol. The van der Waals surface area contributed by atoms with Gasteiger partial charge in [0, 0.05) is 11.0 Å². The van der Waals surface area contributed by atoms with Crippen molar-refractivity contribution in [2.75, 3.05) is 24.4 Å². The van der Waals surface area contributed by atoms with Crippen molar-refractivity contribution in [1.29, 1.82) is 0 Å². The van der Waals surface area contributed by atoms with Crippen molar-refractivity contribution in [3.63, 3.8) is 0 Å². The molecule has 19 heavy (non-hydrogen) atoms. The van der Waals surface area contributed by atoms with E-state index in [2.05, 4.69) is 15.9 Å². The Morgan fingerprint density at radius 1 is 1.21 bits per heavy atom. The smallest absolute Gasteiger partial charge is 0.414 e. The van der Waals surface area contributed by atoms with Gasteiger partial charge in [0.25, 0.3) is 0 Å². The first kappa shape index (κ1) is 15.5. The van der Waals surface area contributed by atoms with Gasteiger partial charge in [-0.1, -0.05) is 34.1 Å². The molecular formula is C13H16BrNO4. The summed E-state index contributed by atoms with van der Waals surface area (Å²) in [4.78, 5) is 25.1. The van der Waals surface area contributed by atoms with Gasteiger partial charge in [-0.3, -0.25) is 4.90 Å². The summed E-state index contributed by atoms with van der Waals surface area (Å²) in [7, 11) is 2.57. The second-order valence-electron chi connectivity index (χ2n) is 3.69. The summed E-state index contributed by atoms with van der Waals surface area (Å²) < 4.78 is 9.51. The highest BCUT2D eigenvalue weighted by molar-refractivity contribution is 9.09. The van der Waals surface area contributed by atoms with Gasteiger partial charge in [0.1, 0.15) is 6.04 Å². The number of amides is 1. The monoisotopic (exact) mass is 329 g/mol. The summed E-state index contributed by atoms with van der Waals surface area (Å²) in [6, 6.07) is 8.15. The maximum atomic E-state index is 11.9. The Labute approximate surface area is 120 Å². The van der Waals surface area contributed by atoms with Crippen molar-refractivity contribution >= 4 is 33.7 Å². The molecule has 1 amide bonds. The number of nitrogens with zero attached hydrogens (tertiary/aromatic N) is 1. The number of carbonyl (C=O) groups excluding carboxylic acids is 2. The van der Waals surface area contributed by atoms with Crippen molar-refractivity contribution in [1.82, 2.24) is 0 Å². The Kier molecular flexibility index (Phi) is 6.35. The number of para-hydroxylation sites is 1. The van der Waals surface area contributed by atoms with Crippen LogP contribution in [-0.2, 0) is 14.3 Å². The molecule has 6 heteroatoms. The first-order chi connectivity index (χ1) is 9.15. The van der Waals surface area contributed by atoms with Crippen LogP contribution in [0, 0.1) is 0 Å². The van der Waals surface area contributed by atoms with E-state index in [4.69, 9.17) is 9.47 Å². The molecule has 0 aliphatic rings. The number of alkyl halides is 1. The summed E-state index contributed by atoms with van der Waals surface area (Å²) in [6.07, 6.45) is -0.168. The number of benzene rings is 1. The van der Waals surface area contributed by atoms with Gasteiger partial charge in [-0.2, -0.15) is 0 Å². The highest BCUT2D eigenvalue weighted by Crippen LogP contribution is 2.21. The Morgan fingerprint density at radius 2 is 1.84 bits per heavy atom. The van der Waals surface area contributed by atoms with E-state index in [9.17, 15) is 9.59 Å². The molecule has 104 valence electrons. The van der Waals surface area contributed by atoms with E-state index in [-0.39, 0.29) is 0 Å². The quantitative estimate of drug-likeness (QED) is 0.615. The molecule has 5 nitrogen and oxygen atoms in total. The highest BCUT2D eigenvalue weighted by Gasteiger charge is 2.32. The number of rotatable bonds is 5. The van der Waals surface area contributed by atoms with Gasteiger partial charge < -0.3 is 9.47 Å². The number of hydrogen-bond donors (Lipinski definition) is 0. The lowest BCUT2D eigenvalue weighted by atomic mass is 10.1. The highest BCUT2D eigenvalue weighted by atomic mass is 79.9. The maximum Gasteiger partial charge on any atom is 0.414 e. The van der Waals surface area contributed by atoms with Crippen LogP contribution in [0.15, 0.2) is 30.3 Å². The SMILES string of the molecule is COC(=O)C(CCBr)N(C(=O)OC)c1ccccc1. The van der Waals surface area contributed by atoms with E-state index in [1.54, 1.807) is 24.3 Å². The molecule has 0 N–H and O–H groups in total. The molecule has 0 radical (unpaired) electrons. The first-order valence-corrected chi connectivity index (χ1v) is 6.83. The molecule has 1 unspecified atom stereocenters. The van der Waals surface area contributed by atoms with E-state index in [0.29, 0.717) is 17.4 Å². The fraction of sp³-hybridized carbons (Fsp3) is 0.385. The number of anilines is 1. The number of esters is 1. The summed E-state index contributed by atoms with van der Waals surface area (Å²) in [5, 5.41) is 0.563. The van der Waals surface area contributed by atoms with Gasteiger partial charge in [0.15, 0.2) is 0 Å². The molecule has 0 heterocycles. The minimum Gasteiger partial charge on any atom is -0.467 e. The van der Waals surface area contributed by atoms with E-state index in [1.807, 2.05) is 6.07 Å². The Balaban J connectivity index is 3.14. The topological polar surface area (TPSA) is 55.8 Å². The van der Waals surface area contributed by atoms with Crippen molar-refractivity contribution in [3.05, 3.63) is 30.3 Å². The fourth-order valence-electron chi connectivity index (χ4n) is 1.69. The van der Waals surface area contributed by atoms with Crippen LogP contribution in [0.25, 0.3) is 0 Å². The zero-order valence-electron chi connectivity index (χ0n) is 10.8. The standard InChI is InChI=1S/C13H16BrNO4/c1-18-12(16)11(8-9-14)15(13(17)19-2)10-6-4-3-5-7-10/h3-7,11H,8-9H2,1-2H3. The molecule has 0 aliphatic heterocycles. The van der Waals surface area contributed by atoms with Crippen LogP contribution < -0.4 is 4.90 Å². The van der Waals surface area contributed by atoms with Crippen LogP contribution in [0.5, 0.6) is 0 Å². The van der Waals surface area contributed by atoms with E-state index < -0.39 is 18.1 Å². The van der Waals surface area contributed by atoms with Gasteiger partial charge in [0.05, 0.1) is 14.2 Å². The number of halogens is 1. The number of ether oxygens (including phenoxy) is 2. The summed E-state index contributed by atoms with van der Waals surface area (Å²) in [5.74, 6) is -0.478. The van der Waals surface area contributed by atoms with E-state index in [1.165, 1.54) is 19.1 Å². The fourth-order valence-corrected chi connectivity index (χ4v) is 2.12. The number of carbonyl (C=O) groups is 2. The molecule has 1 aromatic carbocycles. The van der Waals surface area contributed by atoms with Gasteiger partial charge in [-0.05, 0) is 18.6 Å². The molecular weight excluding hydrogens is 314 g/mol. The van der Waals surface area contributed by atoms with Crippen LogP contribution in [0.2, 0.25) is 0 Å². The number of methoxy groups -OCH3 is 2. The zero-order valence-corrected chi connectivity index (χ0v) is 12.4. The number of hydrogen-bond acceptors (Lipinski definition) is 4. The van der Waals surface area contributed by atoms with Crippen LogP contribution in [0.3, 0.4) is 0 Å². The van der Waals surface area contributed by atoms with Gasteiger partial charge in [-0.15, -0.1) is 0 Å². The predicted octanol–water partition coefficient (Wildman–Crippen LogP) is 2.59. The molecule has 0 aliphatic carbocycles. The third-order valence-electron chi connectivity index (χ3n) is 2.57. The van der Waals surface area contributed by atoms with E-state index >= 15 is 0 Å². The van der Waals surface area contributed by atoms with Crippen LogP contribution in [0.1, 0.15) is 6.42 Å². The molecule has 1 atom stereocenters. The summed E-state index contributed by atoms with van der Waals surface area (Å²) in [6.45, 7) is 0. The molecule has 0 aromatic heterocycles. The Bertz CT molecular complexity index is 424. The first-order valence-electron chi connectivity index (χ1n) is 5.71. The van der Waals surface area contributed by atoms with Crippen molar-refractivity contribution < 1.29 is 19.1 Å². The van der Waals surface area contributed by atoms with Gasteiger partial charge in [0.2, 0.25) is 0 Å². The maximum absolute atomic E-state index is 11.9. The predicted molar refractivity (Wildman–Crippen MR) is 75.5 cm³/mol. The zero-order chi connectivity index (χ0) is 14.3. The Hall–Kier alpha value is -1.56. The largest absolute Gasteiger partial charge is 0.467 e. The minimum absolute atomic E-state index is 0.427. The second kappa shape index (κ2) is 7.78. The van der Waals surface area contributed by atoms with Crippen LogP contribution in [-0.4, -0.2) is 37.7 Å². The van der Waals surface area contributed by atoms with Crippen LogP contribution >= 0.6 is 15.9 Å². The lowest BCUT2D eigenvalue weighted by Gasteiger charge is -2.28. The average Bonchev–Trinajstić information content (AvgIpc) is 2.46. The molecule has 0 fully saturated rings. The lowest BCUT2D eigenvalue weighted by Crippen LogP contribution is -2.46. The summed E-state index contributed by atoms with van der Waals surface area (Å²) in [5.41, 5.74) is 0.589.